The number of hydrazone groups is 1. The molecule has 0 unspecified atom stereocenters. The number of nitrogens with zero attached hydrogens (tertiary/aromatic N) is 4. The molecule has 4 heterocycles. The minimum Gasteiger partial charge on any atom is -0.457 e. The lowest BCUT2D eigenvalue weighted by molar-refractivity contribution is -0.162. The maximum Gasteiger partial charge on any atom is 0.409 e. The van der Waals surface area contributed by atoms with Crippen LogP contribution in [0.4, 0.5) is 10.5 Å². The summed E-state index contributed by atoms with van der Waals surface area (Å²) < 4.78 is 23.4. The van der Waals surface area contributed by atoms with E-state index in [2.05, 4.69) is 15.8 Å². The van der Waals surface area contributed by atoms with Gasteiger partial charge >= 0.3 is 12.1 Å². The fourth-order valence-corrected chi connectivity index (χ4v) is 12.7. The van der Waals surface area contributed by atoms with Crippen molar-refractivity contribution in [1.29, 1.82) is 0 Å². The van der Waals surface area contributed by atoms with Gasteiger partial charge in [0, 0.05) is 88.4 Å². The van der Waals surface area contributed by atoms with Crippen LogP contribution in [0, 0.1) is 12.8 Å². The fourth-order valence-electron chi connectivity index (χ4n) is 10.0. The number of fused-ring (bicyclic) bond motifs is 5. The van der Waals surface area contributed by atoms with Gasteiger partial charge in [0.1, 0.15) is 35.7 Å². The molecule has 0 aromatic heterocycles. The molecule has 2 aromatic carbocycles. The Morgan fingerprint density at radius 3 is 2.42 bits per heavy atom. The number of benzene rings is 2. The van der Waals surface area contributed by atoms with Crippen molar-refractivity contribution in [3.8, 4) is 0 Å². The first kappa shape index (κ1) is 64.3. The third-order valence-corrected chi connectivity index (χ3v) is 18.9. The number of allylic oxidation sites excluding steroid dienone is 3. The van der Waals surface area contributed by atoms with E-state index in [1.165, 1.54) is 62.6 Å². The van der Waals surface area contributed by atoms with Gasteiger partial charge in [-0.15, -0.1) is 0 Å². The highest BCUT2D eigenvalue weighted by molar-refractivity contribution is 8.77. The number of unbranched alkanes of at least 4 members (excludes halogenated alkanes) is 2. The number of methoxy groups -OCH3 is 1. The monoisotopic (exact) mass is 1180 g/mol. The van der Waals surface area contributed by atoms with Crippen molar-refractivity contribution in [2.75, 3.05) is 38.4 Å². The molecule has 440 valence electrons. The van der Waals surface area contributed by atoms with Gasteiger partial charge < -0.3 is 33.9 Å². The summed E-state index contributed by atoms with van der Waals surface area (Å²) in [5, 5.41) is 19.1. The number of ether oxygens (including phenoxy) is 4. The molecule has 3 N–H and O–H groups in total. The zero-order chi connectivity index (χ0) is 59.6. The summed E-state index contributed by atoms with van der Waals surface area (Å²) in [4.78, 5) is 108. The Hall–Kier alpha value is -5.84. The molecule has 4 bridgehead atoms. The smallest absolute Gasteiger partial charge is 0.409 e. The van der Waals surface area contributed by atoms with Crippen molar-refractivity contribution in [2.45, 2.75) is 166 Å². The Balaban J connectivity index is 1.00. The van der Waals surface area contributed by atoms with E-state index in [-0.39, 0.29) is 61.5 Å². The molecule has 19 nitrogen and oxygen atoms in total. The van der Waals surface area contributed by atoms with E-state index < -0.39 is 70.4 Å². The van der Waals surface area contributed by atoms with E-state index in [4.69, 9.17) is 30.5 Å². The summed E-state index contributed by atoms with van der Waals surface area (Å²) in [6.45, 7) is 14.8. The van der Waals surface area contributed by atoms with Crippen LogP contribution < -0.4 is 15.6 Å². The van der Waals surface area contributed by atoms with E-state index in [9.17, 15) is 43.5 Å². The number of anilines is 1. The first-order valence-corrected chi connectivity index (χ1v) is 29.9. The van der Waals surface area contributed by atoms with Crippen LogP contribution in [0.15, 0.2) is 77.5 Å². The van der Waals surface area contributed by atoms with Crippen LogP contribution in [0.2, 0.25) is 5.02 Å². The number of imide groups is 1. The van der Waals surface area contributed by atoms with Crippen molar-refractivity contribution < 1.29 is 62.4 Å². The number of likely N-dealkylation sites (N-methyl/N-ethyl adjacent to an activating group) is 1. The molecule has 4 aliphatic heterocycles. The number of hydrogen-bond acceptors (Lipinski definition) is 16. The van der Waals surface area contributed by atoms with Gasteiger partial charge in [-0.1, -0.05) is 101 Å². The molecular formula is C59H77ClN6O13S2. The minimum atomic E-state index is -1.86. The van der Waals surface area contributed by atoms with Crippen LogP contribution in [-0.4, -0.2) is 148 Å². The summed E-state index contributed by atoms with van der Waals surface area (Å²) in [5.74, 6) is -2.53. The summed E-state index contributed by atoms with van der Waals surface area (Å²) in [7, 11) is 7.40. The van der Waals surface area contributed by atoms with Crippen molar-refractivity contribution in [2.24, 2.45) is 11.0 Å². The number of nitrogens with one attached hydrogen (secondary N) is 2. The lowest BCUT2D eigenvalue weighted by Gasteiger charge is -2.42. The molecular weight excluding hydrogens is 1100 g/mol. The van der Waals surface area contributed by atoms with Gasteiger partial charge in [-0.2, -0.15) is 5.10 Å². The number of epoxide rings is 1. The molecule has 8 atom stereocenters. The summed E-state index contributed by atoms with van der Waals surface area (Å²) in [5.41, 5.74) is 4.78. The van der Waals surface area contributed by atoms with Gasteiger partial charge in [-0.25, -0.2) is 15.0 Å². The molecule has 22 heteroatoms. The number of amides is 6. The second-order valence-electron chi connectivity index (χ2n) is 22.2. The van der Waals surface area contributed by atoms with E-state index >= 15 is 0 Å². The number of esters is 1. The van der Waals surface area contributed by atoms with Crippen molar-refractivity contribution in [3.05, 3.63) is 99.6 Å². The number of carbonyl (C=O) groups excluding carboxylic acids is 8. The summed E-state index contributed by atoms with van der Waals surface area (Å²) in [6, 6.07) is 10.1. The number of rotatable bonds is 21. The second-order valence-corrected chi connectivity index (χ2v) is 25.7. The quantitative estimate of drug-likeness (QED) is 0.0205. The zero-order valence-corrected chi connectivity index (χ0v) is 50.5. The predicted molar refractivity (Wildman–Crippen MR) is 312 cm³/mol. The maximum absolute atomic E-state index is 14.4. The van der Waals surface area contributed by atoms with Gasteiger partial charge in [0.15, 0.2) is 5.72 Å². The van der Waals surface area contributed by atoms with Crippen LogP contribution in [0.5, 0.6) is 0 Å². The predicted octanol–water partition coefficient (Wildman–Crippen LogP) is 7.89. The Morgan fingerprint density at radius 2 is 1.74 bits per heavy atom. The minimum absolute atomic E-state index is 0.0680. The highest BCUT2D eigenvalue weighted by Crippen LogP contribution is 2.49. The average Bonchev–Trinajstić information content (AvgIpc) is 4.15. The van der Waals surface area contributed by atoms with Gasteiger partial charge in [0.25, 0.3) is 11.8 Å². The van der Waals surface area contributed by atoms with E-state index in [1.54, 1.807) is 46.9 Å². The van der Waals surface area contributed by atoms with Crippen molar-refractivity contribution in [3.63, 3.8) is 0 Å². The normalized spacial score (nSPS) is 25.7. The zero-order valence-electron chi connectivity index (χ0n) is 48.1. The number of carbonyl (C=O) groups is 8. The Bertz CT molecular complexity index is 2820. The third-order valence-electron chi connectivity index (χ3n) is 15.1. The van der Waals surface area contributed by atoms with Crippen LogP contribution in [0.1, 0.15) is 122 Å². The molecule has 0 saturated carbocycles. The van der Waals surface area contributed by atoms with Crippen LogP contribution in [-0.2, 0) is 65.4 Å². The average molecular weight is 1180 g/mol. The highest BCUT2D eigenvalue weighted by Gasteiger charge is 2.64. The molecule has 81 heavy (non-hydrogen) atoms. The Labute approximate surface area is 487 Å². The molecule has 6 amide bonds. The first-order chi connectivity index (χ1) is 38.1. The molecule has 0 aliphatic carbocycles. The summed E-state index contributed by atoms with van der Waals surface area (Å²) in [6.07, 6.45) is 6.24. The summed E-state index contributed by atoms with van der Waals surface area (Å²) >= 11 is 6.84. The Kier molecular flexibility index (Phi) is 22.2. The van der Waals surface area contributed by atoms with Crippen molar-refractivity contribution >= 4 is 92.0 Å². The van der Waals surface area contributed by atoms with Gasteiger partial charge in [-0.3, -0.25) is 39.0 Å². The molecule has 2 aromatic rings. The number of aryl methyl sites for hydroxylation is 1. The number of ketones is 1. The Morgan fingerprint density at radius 1 is 1.05 bits per heavy atom. The molecule has 2 saturated heterocycles. The van der Waals surface area contributed by atoms with E-state index in [0.717, 1.165) is 34.2 Å². The fraction of sp³-hybridized carbons (Fsp3) is 0.542. The van der Waals surface area contributed by atoms with Crippen LogP contribution >= 0.6 is 33.2 Å². The standard InChI is InChI=1S/C59H77ClN6O13S2/c1-35-16-15-18-46(76-11)59(75)33-45(77-56(74)61-59)37(3)54-58(8,79-54)47(32-52(72)65(10)44-31-41(28-35)29-36(2)53(44)60)78-55(73)39(5)64(9)49(69)25-27-80-81-57(6,7)34-48(68)63-62-38(4)42-21-19-40(20-22-42)30-43(67)17-13-12-14-26-66-50(70)23-24-51(66)71/h15-16,18-24,29,31,37,39,45-47,54,75H,12-14,17,25-28,30,32-34H2,1-11H3,(H,61,74)(H,63,68)/b18-15+,35-16+,62-38+/t37-,39+,45+,46-,47+,54+,58+,59+/m1/s1. The van der Waals surface area contributed by atoms with Crippen molar-refractivity contribution in [1.82, 2.24) is 20.5 Å². The molecule has 0 radical (unpaired) electrons. The molecule has 6 rings (SSSR count). The van der Waals surface area contributed by atoms with Gasteiger partial charge in [0.2, 0.25) is 17.7 Å². The number of Topliss-reactive ketones (excluding diaryl/α,β-unsaturated/α-hetero) is 1. The van der Waals surface area contributed by atoms with E-state index in [1.807, 2.05) is 70.2 Å². The largest absolute Gasteiger partial charge is 0.457 e. The van der Waals surface area contributed by atoms with Crippen LogP contribution in [0.25, 0.3) is 0 Å². The molecule has 0 spiro atoms. The molecule has 4 aliphatic rings. The van der Waals surface area contributed by atoms with E-state index in [0.29, 0.717) is 54.4 Å². The van der Waals surface area contributed by atoms with Gasteiger partial charge in [0.05, 0.1) is 28.9 Å². The third kappa shape index (κ3) is 17.1. The highest BCUT2D eigenvalue weighted by atomic mass is 35.5. The number of aliphatic hydroxyl groups is 1. The number of alkyl carbamates (subject to hydrolysis) is 1. The maximum atomic E-state index is 14.4. The topological polar surface area (TPSA) is 243 Å². The molecule has 2 fully saturated rings. The first-order valence-electron chi connectivity index (χ1n) is 27.2. The number of halogens is 1. The number of hydrogen-bond donors (Lipinski definition) is 3. The van der Waals surface area contributed by atoms with Crippen LogP contribution in [0.3, 0.4) is 0 Å². The SMILES string of the molecule is CO[C@@H]1/C=C/C=C(\C)Cc2cc(C)c(Cl)c(c2)N(C)C(=O)C[C@H](OC(=O)[C@H](C)N(C)C(=O)CCSSC(C)(C)CC(=O)N/N=C(\C)c2ccc(CC(=O)CCCCCN3C(=O)C=CC3=O)cc2)[C@]2(C)O[C@H]2[C@H](C)[C@@H]2C[C@@]1(O)NC(=O)O2. The lowest BCUT2D eigenvalue weighted by atomic mass is 9.83. The van der Waals surface area contributed by atoms with Gasteiger partial charge in [-0.05, 0) is 96.0 Å². The lowest BCUT2D eigenvalue weighted by Crippen LogP contribution is -2.63. The second kappa shape index (κ2) is 28.0.